The molecule has 0 aliphatic carbocycles. The van der Waals surface area contributed by atoms with Crippen molar-refractivity contribution in [2.75, 3.05) is 0 Å². The molecule has 9 aromatic rings. The molecular weight excluding hydrogens is 490 g/mol. The number of aromatic nitrogens is 5. The highest BCUT2D eigenvalue weighted by Crippen LogP contribution is 2.39. The van der Waals surface area contributed by atoms with E-state index in [9.17, 15) is 0 Å². The van der Waals surface area contributed by atoms with E-state index in [1.54, 1.807) is 6.20 Å². The zero-order valence-electron chi connectivity index (χ0n) is 21.4. The van der Waals surface area contributed by atoms with Crippen molar-refractivity contribution in [3.8, 4) is 17.2 Å². The first kappa shape index (κ1) is 21.4. The van der Waals surface area contributed by atoms with Crippen LogP contribution in [0.3, 0.4) is 0 Å². The Hall–Kier alpha value is -5.55. The zero-order chi connectivity index (χ0) is 26.2. The summed E-state index contributed by atoms with van der Waals surface area (Å²) in [5, 5.41) is 5.95. The highest BCUT2D eigenvalue weighted by molar-refractivity contribution is 6.20. The largest absolute Gasteiger partial charge is 0.294 e. The van der Waals surface area contributed by atoms with Crippen molar-refractivity contribution in [1.82, 2.24) is 23.9 Å². The van der Waals surface area contributed by atoms with Crippen LogP contribution in [0, 0.1) is 0 Å². The number of para-hydroxylation sites is 3. The van der Waals surface area contributed by atoms with Gasteiger partial charge in [0, 0.05) is 27.7 Å². The van der Waals surface area contributed by atoms with E-state index < -0.39 is 0 Å². The molecule has 0 aliphatic heterocycles. The van der Waals surface area contributed by atoms with Gasteiger partial charge in [0.1, 0.15) is 11.5 Å². The second-order valence-corrected chi connectivity index (χ2v) is 10.1. The molecule has 0 bridgehead atoms. The average Bonchev–Trinajstić information content (AvgIpc) is 3.57. The molecule has 0 unspecified atom stereocenters. The van der Waals surface area contributed by atoms with Crippen molar-refractivity contribution in [3.05, 3.63) is 128 Å². The minimum Gasteiger partial charge on any atom is -0.294 e. The maximum Gasteiger partial charge on any atom is 0.146 e. The monoisotopic (exact) mass is 511 g/mol. The average molecular weight is 512 g/mol. The van der Waals surface area contributed by atoms with E-state index in [4.69, 9.17) is 9.97 Å². The van der Waals surface area contributed by atoms with Crippen LogP contribution >= 0.6 is 0 Å². The summed E-state index contributed by atoms with van der Waals surface area (Å²) in [6, 6.07) is 42.3. The van der Waals surface area contributed by atoms with E-state index in [1.807, 2.05) is 24.3 Å². The molecule has 0 radical (unpaired) electrons. The second-order valence-electron chi connectivity index (χ2n) is 10.1. The second kappa shape index (κ2) is 7.98. The molecule has 40 heavy (non-hydrogen) atoms. The van der Waals surface area contributed by atoms with Crippen molar-refractivity contribution in [2.45, 2.75) is 0 Å². The number of hydrogen-bond donors (Lipinski definition) is 0. The molecule has 186 valence electrons. The van der Waals surface area contributed by atoms with Gasteiger partial charge in [0.15, 0.2) is 0 Å². The molecule has 0 aliphatic rings. The van der Waals surface area contributed by atoms with Crippen molar-refractivity contribution in [3.63, 3.8) is 0 Å². The summed E-state index contributed by atoms with van der Waals surface area (Å²) in [5.41, 5.74) is 8.12. The molecular formula is C35H21N5. The first-order valence-corrected chi connectivity index (χ1v) is 13.4. The van der Waals surface area contributed by atoms with E-state index in [2.05, 4.69) is 111 Å². The van der Waals surface area contributed by atoms with E-state index in [-0.39, 0.29) is 0 Å². The predicted molar refractivity (Wildman–Crippen MR) is 163 cm³/mol. The number of nitrogens with zero attached hydrogens (tertiary/aromatic N) is 5. The van der Waals surface area contributed by atoms with Gasteiger partial charge < -0.3 is 0 Å². The number of benzene rings is 4. The van der Waals surface area contributed by atoms with Crippen molar-refractivity contribution in [1.29, 1.82) is 0 Å². The molecule has 0 saturated carbocycles. The molecule has 0 N–H and O–H groups in total. The lowest BCUT2D eigenvalue weighted by atomic mass is 10.0. The molecule has 5 heteroatoms. The predicted octanol–water partition coefficient (Wildman–Crippen LogP) is 8.35. The van der Waals surface area contributed by atoms with Crippen LogP contribution in [0.25, 0.3) is 77.4 Å². The number of rotatable bonds is 2. The van der Waals surface area contributed by atoms with E-state index in [1.165, 1.54) is 21.5 Å². The van der Waals surface area contributed by atoms with E-state index in [0.717, 1.165) is 55.8 Å². The third-order valence-corrected chi connectivity index (χ3v) is 7.94. The van der Waals surface area contributed by atoms with Crippen LogP contribution in [0.2, 0.25) is 0 Å². The highest BCUT2D eigenvalue weighted by Gasteiger charge is 2.19. The molecule has 9 rings (SSSR count). The van der Waals surface area contributed by atoms with Crippen molar-refractivity contribution in [2.24, 2.45) is 0 Å². The van der Waals surface area contributed by atoms with Gasteiger partial charge in [-0.15, -0.1) is 0 Å². The van der Waals surface area contributed by atoms with Crippen molar-refractivity contribution < 1.29 is 0 Å². The van der Waals surface area contributed by atoms with Crippen LogP contribution in [0.15, 0.2) is 128 Å². The summed E-state index contributed by atoms with van der Waals surface area (Å²) in [5.74, 6) is 0.862. The molecule has 0 saturated heterocycles. The Morgan fingerprint density at radius 3 is 2.05 bits per heavy atom. The fraction of sp³-hybridized carbons (Fsp3) is 0. The van der Waals surface area contributed by atoms with Gasteiger partial charge in [0.25, 0.3) is 0 Å². The lowest BCUT2D eigenvalue weighted by Crippen LogP contribution is -1.99. The maximum atomic E-state index is 5.10. The molecule has 0 fully saturated rings. The number of pyridine rings is 3. The number of fused-ring (bicyclic) bond motifs is 11. The van der Waals surface area contributed by atoms with Gasteiger partial charge in [-0.05, 0) is 60.0 Å². The Morgan fingerprint density at radius 1 is 0.450 bits per heavy atom. The Bertz CT molecular complexity index is 2430. The van der Waals surface area contributed by atoms with Gasteiger partial charge in [-0.1, -0.05) is 66.7 Å². The third-order valence-electron chi connectivity index (χ3n) is 7.94. The summed E-state index contributed by atoms with van der Waals surface area (Å²) in [6.45, 7) is 0. The Kier molecular flexibility index (Phi) is 4.27. The van der Waals surface area contributed by atoms with Crippen molar-refractivity contribution >= 4 is 60.2 Å². The minimum absolute atomic E-state index is 0.846. The van der Waals surface area contributed by atoms with Crippen LogP contribution < -0.4 is 0 Å². The summed E-state index contributed by atoms with van der Waals surface area (Å²) >= 11 is 0. The lowest BCUT2D eigenvalue weighted by Gasteiger charge is -2.12. The Labute approximate surface area is 228 Å². The first-order chi connectivity index (χ1) is 19.8. The quantitative estimate of drug-likeness (QED) is 0.219. The van der Waals surface area contributed by atoms with Crippen LogP contribution in [0.4, 0.5) is 0 Å². The van der Waals surface area contributed by atoms with Crippen LogP contribution in [-0.2, 0) is 0 Å². The fourth-order valence-electron chi connectivity index (χ4n) is 6.22. The zero-order valence-corrected chi connectivity index (χ0v) is 21.4. The topological polar surface area (TPSA) is 48.0 Å². The van der Waals surface area contributed by atoms with Gasteiger partial charge >= 0.3 is 0 Å². The fourth-order valence-corrected chi connectivity index (χ4v) is 6.22. The highest BCUT2D eigenvalue weighted by atomic mass is 15.1. The Balaban J connectivity index is 1.47. The molecule has 4 aromatic carbocycles. The third kappa shape index (κ3) is 2.89. The Morgan fingerprint density at radius 2 is 1.18 bits per heavy atom. The van der Waals surface area contributed by atoms with Gasteiger partial charge in [-0.3, -0.25) is 14.0 Å². The van der Waals surface area contributed by atoms with E-state index >= 15 is 0 Å². The standard InChI is InChI=1S/C35H21N5/c1-2-12-24-22(10-1)25-20-26-23-11-3-5-16-30(23)39(34-18-9-15-28(37-34)27-13-7-8-19-36-27)32(26)21-33(25)40-31-17-6-4-14-29(31)38-35(24)40/h1-21H. The van der Waals surface area contributed by atoms with Crippen LogP contribution in [0.5, 0.6) is 0 Å². The van der Waals surface area contributed by atoms with E-state index in [0.29, 0.717) is 0 Å². The molecule has 0 spiro atoms. The minimum atomic E-state index is 0.846. The van der Waals surface area contributed by atoms with Gasteiger partial charge in [0.2, 0.25) is 0 Å². The van der Waals surface area contributed by atoms with Crippen LogP contribution in [0.1, 0.15) is 0 Å². The summed E-state index contributed by atoms with van der Waals surface area (Å²) < 4.78 is 4.59. The summed E-state index contributed by atoms with van der Waals surface area (Å²) in [7, 11) is 0. The summed E-state index contributed by atoms with van der Waals surface area (Å²) in [6.07, 6.45) is 1.81. The molecule has 5 heterocycles. The maximum absolute atomic E-state index is 5.10. The summed E-state index contributed by atoms with van der Waals surface area (Å²) in [4.78, 5) is 14.7. The first-order valence-electron chi connectivity index (χ1n) is 13.4. The number of hydrogen-bond acceptors (Lipinski definition) is 3. The molecule has 5 nitrogen and oxygen atoms in total. The molecule has 5 aromatic heterocycles. The van der Waals surface area contributed by atoms with Gasteiger partial charge in [-0.2, -0.15) is 0 Å². The van der Waals surface area contributed by atoms with Gasteiger partial charge in [0.05, 0.1) is 39.0 Å². The SMILES string of the molecule is c1ccc(-c2cccc(-n3c4ccccc4c4cc5c6ccccc6c6nc7ccccc7n6c5cc43)n2)nc1. The molecule has 0 amide bonds. The van der Waals surface area contributed by atoms with Gasteiger partial charge in [-0.25, -0.2) is 9.97 Å². The van der Waals surface area contributed by atoms with Crippen LogP contribution in [-0.4, -0.2) is 23.9 Å². The molecule has 0 atom stereocenters. The smallest absolute Gasteiger partial charge is 0.146 e. The lowest BCUT2D eigenvalue weighted by molar-refractivity contribution is 1.08. The number of imidazole rings is 1. The normalized spacial score (nSPS) is 12.0.